The highest BCUT2D eigenvalue weighted by Gasteiger charge is 2.19. The number of carbonyl (C=O) groups is 1. The zero-order chi connectivity index (χ0) is 24.9. The van der Waals surface area contributed by atoms with Gasteiger partial charge < -0.3 is 19.2 Å². The number of carbonyl (C=O) groups excluding carboxylic acids is 1. The molecule has 0 radical (unpaired) electrons. The van der Waals surface area contributed by atoms with Crippen LogP contribution >= 0.6 is 23.2 Å². The number of amides is 1. The van der Waals surface area contributed by atoms with E-state index < -0.39 is 0 Å². The summed E-state index contributed by atoms with van der Waals surface area (Å²) in [5.41, 5.74) is 3.17. The third kappa shape index (κ3) is 5.99. The molecule has 0 aliphatic carbocycles. The van der Waals surface area contributed by atoms with E-state index in [4.69, 9.17) is 37.1 Å². The molecule has 1 aliphatic rings. The number of aromatic nitrogens is 1. The number of benzene rings is 3. The highest BCUT2D eigenvalue weighted by molar-refractivity contribution is 6.35. The Morgan fingerprint density at radius 3 is 2.58 bits per heavy atom. The van der Waals surface area contributed by atoms with Gasteiger partial charge in [-0.1, -0.05) is 65.7 Å². The van der Waals surface area contributed by atoms with E-state index in [9.17, 15) is 4.79 Å². The molecule has 2 heterocycles. The van der Waals surface area contributed by atoms with E-state index in [1.165, 1.54) is 6.26 Å². The van der Waals surface area contributed by atoms with Crippen molar-refractivity contribution in [3.8, 4) is 11.5 Å². The molecule has 5 rings (SSSR count). The molecule has 36 heavy (non-hydrogen) atoms. The monoisotopic (exact) mass is 523 g/mol. The lowest BCUT2D eigenvalue weighted by atomic mass is 10.1. The first-order chi connectivity index (χ1) is 17.5. The summed E-state index contributed by atoms with van der Waals surface area (Å²) in [7, 11) is 0. The minimum atomic E-state index is -0.295. The molecule has 1 aliphatic heterocycles. The molecule has 0 fully saturated rings. The number of fused-ring (bicyclic) bond motifs is 1. The number of rotatable bonds is 9. The van der Waals surface area contributed by atoms with Crippen LogP contribution in [0.4, 0.5) is 0 Å². The van der Waals surface area contributed by atoms with E-state index in [2.05, 4.69) is 15.2 Å². The topological polar surface area (TPSA) is 76.8 Å². The number of oxazole rings is 1. The predicted octanol–water partition coefficient (Wildman–Crippen LogP) is 5.84. The van der Waals surface area contributed by atoms with Gasteiger partial charge in [-0.15, -0.1) is 0 Å². The van der Waals surface area contributed by atoms with Crippen LogP contribution in [0.25, 0.3) is 0 Å². The molecular formula is C27H23Cl2N3O4. The average molecular weight is 524 g/mol. The van der Waals surface area contributed by atoms with Crippen molar-refractivity contribution in [2.75, 3.05) is 6.79 Å². The minimum Gasteiger partial charge on any atom is -0.454 e. The maximum Gasteiger partial charge on any atom is 0.273 e. The van der Waals surface area contributed by atoms with Crippen LogP contribution in [0.3, 0.4) is 0 Å². The molecule has 1 amide bonds. The molecule has 0 atom stereocenters. The molecule has 0 bridgehead atoms. The molecule has 0 spiro atoms. The van der Waals surface area contributed by atoms with Crippen LogP contribution < -0.4 is 14.8 Å². The molecule has 4 aromatic rings. The molecular weight excluding hydrogens is 501 g/mol. The lowest BCUT2D eigenvalue weighted by Gasteiger charge is -2.22. The molecule has 3 aromatic carbocycles. The van der Waals surface area contributed by atoms with Gasteiger partial charge in [0.1, 0.15) is 6.26 Å². The summed E-state index contributed by atoms with van der Waals surface area (Å²) in [6, 6.07) is 20.9. The van der Waals surface area contributed by atoms with Crippen LogP contribution in [-0.4, -0.2) is 22.6 Å². The number of hydrogen-bond donors (Lipinski definition) is 1. The van der Waals surface area contributed by atoms with Gasteiger partial charge in [0.25, 0.3) is 5.91 Å². The average Bonchev–Trinajstić information content (AvgIpc) is 3.54. The lowest BCUT2D eigenvalue weighted by Crippen LogP contribution is -2.24. The van der Waals surface area contributed by atoms with Crippen molar-refractivity contribution in [1.29, 1.82) is 0 Å². The Labute approximate surface area is 218 Å². The second-order valence-electron chi connectivity index (χ2n) is 8.36. The van der Waals surface area contributed by atoms with Gasteiger partial charge in [0, 0.05) is 29.7 Å². The van der Waals surface area contributed by atoms with Gasteiger partial charge in [0.2, 0.25) is 12.7 Å². The highest BCUT2D eigenvalue weighted by atomic mass is 35.5. The summed E-state index contributed by atoms with van der Waals surface area (Å²) < 4.78 is 16.6. The molecule has 0 saturated heterocycles. The Morgan fingerprint density at radius 2 is 1.75 bits per heavy atom. The van der Waals surface area contributed by atoms with E-state index in [1.54, 1.807) is 6.07 Å². The quantitative estimate of drug-likeness (QED) is 0.297. The van der Waals surface area contributed by atoms with Crippen LogP contribution in [0.15, 0.2) is 77.4 Å². The Bertz CT molecular complexity index is 1360. The molecule has 7 nitrogen and oxygen atoms in total. The van der Waals surface area contributed by atoms with Crippen molar-refractivity contribution < 1.29 is 18.7 Å². The zero-order valence-corrected chi connectivity index (χ0v) is 20.8. The van der Waals surface area contributed by atoms with Gasteiger partial charge in [0.05, 0.1) is 6.54 Å². The number of halogens is 2. The van der Waals surface area contributed by atoms with Crippen molar-refractivity contribution in [1.82, 2.24) is 15.2 Å². The normalized spacial score (nSPS) is 12.2. The highest BCUT2D eigenvalue weighted by Crippen LogP contribution is 2.33. The Balaban J connectivity index is 1.30. The van der Waals surface area contributed by atoms with Crippen molar-refractivity contribution in [3.63, 3.8) is 0 Å². The summed E-state index contributed by atoms with van der Waals surface area (Å²) >= 11 is 12.5. The van der Waals surface area contributed by atoms with Gasteiger partial charge in [0.15, 0.2) is 17.2 Å². The third-order valence-electron chi connectivity index (χ3n) is 5.69. The number of ether oxygens (including phenoxy) is 2. The van der Waals surface area contributed by atoms with E-state index in [1.807, 2.05) is 60.7 Å². The van der Waals surface area contributed by atoms with E-state index in [0.29, 0.717) is 47.9 Å². The SMILES string of the molecule is O=C(NCc1ccccc1)c1coc(CN(Cc2ccc3c(c2)OCO3)Cc2ccc(Cl)cc2Cl)n1. The Kier molecular flexibility index (Phi) is 7.41. The van der Waals surface area contributed by atoms with Gasteiger partial charge in [-0.05, 0) is 41.0 Å². The van der Waals surface area contributed by atoms with Gasteiger partial charge >= 0.3 is 0 Å². The van der Waals surface area contributed by atoms with Crippen molar-refractivity contribution in [3.05, 3.63) is 111 Å². The molecule has 0 saturated carbocycles. The second-order valence-corrected chi connectivity index (χ2v) is 9.21. The van der Waals surface area contributed by atoms with Crippen LogP contribution in [0.5, 0.6) is 11.5 Å². The Morgan fingerprint density at radius 1 is 0.917 bits per heavy atom. The van der Waals surface area contributed by atoms with Crippen molar-refractivity contribution in [2.45, 2.75) is 26.2 Å². The van der Waals surface area contributed by atoms with E-state index in [-0.39, 0.29) is 18.4 Å². The second kappa shape index (κ2) is 11.0. The van der Waals surface area contributed by atoms with Gasteiger partial charge in [-0.3, -0.25) is 9.69 Å². The largest absolute Gasteiger partial charge is 0.454 e. The first-order valence-electron chi connectivity index (χ1n) is 11.3. The molecule has 1 N–H and O–H groups in total. The van der Waals surface area contributed by atoms with Gasteiger partial charge in [-0.25, -0.2) is 4.98 Å². The standard InChI is InChI=1S/C27H23Cl2N3O4/c28-21-8-7-20(22(29)11-21)14-32(13-19-6-9-24-25(10-19)36-17-35-24)15-26-31-23(16-34-26)27(33)30-12-18-4-2-1-3-5-18/h1-11,16H,12-15,17H2,(H,30,33). The van der Waals surface area contributed by atoms with Crippen LogP contribution in [0.2, 0.25) is 10.0 Å². The fourth-order valence-corrected chi connectivity index (χ4v) is 4.37. The van der Waals surface area contributed by atoms with Crippen LogP contribution in [0, 0.1) is 0 Å². The fourth-order valence-electron chi connectivity index (χ4n) is 3.90. The zero-order valence-electron chi connectivity index (χ0n) is 19.2. The smallest absolute Gasteiger partial charge is 0.273 e. The summed E-state index contributed by atoms with van der Waals surface area (Å²) in [5.74, 6) is 1.57. The molecule has 0 unspecified atom stereocenters. The third-order valence-corrected chi connectivity index (χ3v) is 6.28. The fraction of sp³-hybridized carbons (Fsp3) is 0.185. The van der Waals surface area contributed by atoms with E-state index in [0.717, 1.165) is 22.4 Å². The molecule has 184 valence electrons. The van der Waals surface area contributed by atoms with Gasteiger partial charge in [-0.2, -0.15) is 0 Å². The number of hydrogen-bond acceptors (Lipinski definition) is 6. The Hall–Kier alpha value is -3.52. The first-order valence-corrected chi connectivity index (χ1v) is 12.1. The summed E-state index contributed by atoms with van der Waals surface area (Å²) in [5, 5.41) is 4.02. The van der Waals surface area contributed by atoms with Crippen molar-refractivity contribution in [2.24, 2.45) is 0 Å². The predicted molar refractivity (Wildman–Crippen MR) is 136 cm³/mol. The maximum atomic E-state index is 12.6. The van der Waals surface area contributed by atoms with Crippen molar-refractivity contribution >= 4 is 29.1 Å². The lowest BCUT2D eigenvalue weighted by molar-refractivity contribution is 0.0945. The number of nitrogens with one attached hydrogen (secondary N) is 1. The summed E-state index contributed by atoms with van der Waals surface area (Å²) in [6.07, 6.45) is 1.38. The van der Waals surface area contributed by atoms with E-state index >= 15 is 0 Å². The number of nitrogens with zero attached hydrogens (tertiary/aromatic N) is 2. The van der Waals surface area contributed by atoms with Crippen LogP contribution in [0.1, 0.15) is 33.1 Å². The maximum absolute atomic E-state index is 12.6. The minimum absolute atomic E-state index is 0.217. The molecule has 1 aromatic heterocycles. The summed E-state index contributed by atoms with van der Waals surface area (Å²) in [4.78, 5) is 19.1. The first kappa shape index (κ1) is 24.2. The van der Waals surface area contributed by atoms with Crippen LogP contribution in [-0.2, 0) is 26.2 Å². The summed E-state index contributed by atoms with van der Waals surface area (Å²) in [6.45, 7) is 2.07. The molecule has 9 heteroatoms.